The number of nitrogens with two attached hydrogens (primary N) is 1. The highest BCUT2D eigenvalue weighted by Gasteiger charge is 2.35. The van der Waals surface area contributed by atoms with Crippen LogP contribution < -0.4 is 11.1 Å². The first-order valence-corrected chi connectivity index (χ1v) is 10.2. The molecule has 1 aliphatic heterocycles. The van der Waals surface area contributed by atoms with Gasteiger partial charge in [-0.2, -0.15) is 9.61 Å². The van der Waals surface area contributed by atoms with Crippen LogP contribution in [0.1, 0.15) is 30.0 Å². The lowest BCUT2D eigenvalue weighted by atomic mass is 9.90. The Bertz CT molecular complexity index is 1320. The minimum Gasteiger partial charge on any atom is -0.383 e. The molecule has 3 N–H and O–H groups in total. The molecule has 1 saturated heterocycles. The van der Waals surface area contributed by atoms with E-state index in [0.717, 1.165) is 39.7 Å². The van der Waals surface area contributed by atoms with E-state index in [9.17, 15) is 4.79 Å². The Labute approximate surface area is 178 Å². The molecule has 0 spiro atoms. The molecule has 0 saturated carbocycles. The molecule has 31 heavy (non-hydrogen) atoms. The lowest BCUT2D eigenvalue weighted by molar-refractivity contribution is -0.371. The fourth-order valence-corrected chi connectivity index (χ4v) is 4.32. The van der Waals surface area contributed by atoms with E-state index in [1.54, 1.807) is 10.7 Å². The molecular formula is C23H23N6O2+. The first-order valence-electron chi connectivity index (χ1n) is 10.2. The Balaban J connectivity index is 1.56. The summed E-state index contributed by atoms with van der Waals surface area (Å²) in [6, 6.07) is 9.75. The first-order chi connectivity index (χ1) is 15.1. The highest BCUT2D eigenvalue weighted by molar-refractivity contribution is 5.87. The summed E-state index contributed by atoms with van der Waals surface area (Å²) >= 11 is 0. The van der Waals surface area contributed by atoms with Crippen LogP contribution in [-0.2, 0) is 9.22 Å². The molecule has 8 nitrogen and oxygen atoms in total. The van der Waals surface area contributed by atoms with Gasteiger partial charge in [0.15, 0.2) is 18.5 Å². The van der Waals surface area contributed by atoms with Crippen LogP contribution in [0.25, 0.3) is 27.7 Å². The molecule has 4 heterocycles. The average molecular weight is 415 g/mol. The zero-order valence-electron chi connectivity index (χ0n) is 17.2. The van der Waals surface area contributed by atoms with Crippen molar-refractivity contribution in [2.24, 2.45) is 0 Å². The van der Waals surface area contributed by atoms with E-state index in [1.165, 1.54) is 0 Å². The maximum atomic E-state index is 11.8. The van der Waals surface area contributed by atoms with Crippen molar-refractivity contribution in [2.45, 2.75) is 31.7 Å². The summed E-state index contributed by atoms with van der Waals surface area (Å²) < 4.78 is 6.29. The van der Waals surface area contributed by atoms with Crippen LogP contribution in [0.3, 0.4) is 0 Å². The van der Waals surface area contributed by atoms with Crippen molar-refractivity contribution >= 4 is 35.1 Å². The number of pyridine rings is 1. The SMILES string of the molecule is C=[O+]C(=O)C1CCC(c2nc3c(-c4cnc5ccccc5c4)cnn3c(N)c2C)CN1. The molecular weight excluding hydrogens is 392 g/mol. The van der Waals surface area contributed by atoms with Gasteiger partial charge in [0.05, 0.1) is 22.2 Å². The third kappa shape index (κ3) is 3.25. The molecule has 0 amide bonds. The predicted molar refractivity (Wildman–Crippen MR) is 119 cm³/mol. The minimum atomic E-state index is -0.333. The predicted octanol–water partition coefficient (Wildman–Crippen LogP) is 2.56. The van der Waals surface area contributed by atoms with Gasteiger partial charge in [-0.15, -0.1) is 0 Å². The monoisotopic (exact) mass is 415 g/mol. The Morgan fingerprint density at radius 1 is 1.29 bits per heavy atom. The van der Waals surface area contributed by atoms with Gasteiger partial charge in [-0.1, -0.05) is 18.2 Å². The number of carbonyl (C=O) groups is 1. The maximum absolute atomic E-state index is 11.8. The van der Waals surface area contributed by atoms with E-state index in [-0.39, 0.29) is 17.9 Å². The molecule has 5 rings (SSSR count). The van der Waals surface area contributed by atoms with Gasteiger partial charge in [-0.3, -0.25) is 14.7 Å². The largest absolute Gasteiger partial charge is 0.596 e. The van der Waals surface area contributed by atoms with E-state index < -0.39 is 0 Å². The van der Waals surface area contributed by atoms with E-state index in [2.05, 4.69) is 32.7 Å². The van der Waals surface area contributed by atoms with E-state index in [4.69, 9.17) is 10.7 Å². The molecule has 4 aromatic rings. The highest BCUT2D eigenvalue weighted by atomic mass is 16.4. The van der Waals surface area contributed by atoms with Crippen LogP contribution in [0.2, 0.25) is 0 Å². The van der Waals surface area contributed by atoms with Gasteiger partial charge in [0.2, 0.25) is 0 Å². The second-order valence-corrected chi connectivity index (χ2v) is 7.92. The highest BCUT2D eigenvalue weighted by Crippen LogP contribution is 2.33. The molecule has 2 unspecified atom stereocenters. The van der Waals surface area contributed by atoms with Crippen LogP contribution in [-0.4, -0.2) is 44.9 Å². The average Bonchev–Trinajstić information content (AvgIpc) is 3.25. The summed E-state index contributed by atoms with van der Waals surface area (Å²) in [6.07, 6.45) is 5.09. The summed E-state index contributed by atoms with van der Waals surface area (Å²) in [5.74, 6) is 0.373. The molecule has 1 fully saturated rings. The van der Waals surface area contributed by atoms with Crippen LogP contribution in [0, 0.1) is 6.92 Å². The number of hydrogen-bond acceptors (Lipinski definition) is 6. The number of hydrogen-bond donors (Lipinski definition) is 2. The van der Waals surface area contributed by atoms with Crippen molar-refractivity contribution in [3.63, 3.8) is 0 Å². The van der Waals surface area contributed by atoms with Gasteiger partial charge in [-0.25, -0.2) is 4.98 Å². The number of piperidine rings is 1. The number of para-hydroxylation sites is 1. The molecule has 1 aliphatic rings. The Morgan fingerprint density at radius 2 is 2.13 bits per heavy atom. The molecule has 0 aliphatic carbocycles. The number of anilines is 1. The molecule has 3 aromatic heterocycles. The van der Waals surface area contributed by atoms with E-state index in [0.29, 0.717) is 24.4 Å². The number of carbonyl (C=O) groups excluding carboxylic acids is 2. The smallest absolute Gasteiger partial charge is 0.383 e. The van der Waals surface area contributed by atoms with Crippen molar-refractivity contribution in [2.75, 3.05) is 12.3 Å². The molecule has 2 atom stereocenters. The topological polar surface area (TPSA) is 110 Å². The lowest BCUT2D eigenvalue weighted by Crippen LogP contribution is -2.43. The lowest BCUT2D eigenvalue weighted by Gasteiger charge is -2.26. The van der Waals surface area contributed by atoms with Gasteiger partial charge in [0.25, 0.3) is 0 Å². The number of fused-ring (bicyclic) bond motifs is 2. The van der Waals surface area contributed by atoms with Crippen LogP contribution in [0.5, 0.6) is 0 Å². The number of rotatable bonds is 3. The zero-order chi connectivity index (χ0) is 21.5. The van der Waals surface area contributed by atoms with Crippen molar-refractivity contribution in [3.8, 4) is 11.1 Å². The summed E-state index contributed by atoms with van der Waals surface area (Å²) in [4.78, 5) is 21.3. The standard InChI is InChI=1S/C23H23N6O2/c1-13-20(15-7-8-19(26-10-15)23(30)31-2)28-22-17(12-27-29(22)21(13)24)16-9-14-5-3-4-6-18(14)25-11-16/h3-6,9,11-12,15,19,26H,2,7-8,10,24H2,1H3/q+1. The Kier molecular flexibility index (Phi) is 4.71. The van der Waals surface area contributed by atoms with Crippen LogP contribution in [0.4, 0.5) is 5.82 Å². The first kappa shape index (κ1) is 19.3. The van der Waals surface area contributed by atoms with Crippen LogP contribution >= 0.6 is 0 Å². The summed E-state index contributed by atoms with van der Waals surface area (Å²) in [7, 11) is 0. The van der Waals surface area contributed by atoms with Gasteiger partial charge in [-0.05, 0) is 31.9 Å². The fourth-order valence-electron chi connectivity index (χ4n) is 4.32. The molecule has 0 radical (unpaired) electrons. The van der Waals surface area contributed by atoms with E-state index in [1.807, 2.05) is 37.4 Å². The summed E-state index contributed by atoms with van der Waals surface area (Å²) in [5.41, 5.74) is 11.7. The second-order valence-electron chi connectivity index (χ2n) is 7.92. The van der Waals surface area contributed by atoms with E-state index >= 15 is 0 Å². The van der Waals surface area contributed by atoms with Gasteiger partial charge < -0.3 is 5.73 Å². The van der Waals surface area contributed by atoms with Gasteiger partial charge in [0.1, 0.15) is 5.82 Å². The van der Waals surface area contributed by atoms with Crippen molar-refractivity contribution < 1.29 is 9.22 Å². The van der Waals surface area contributed by atoms with Crippen molar-refractivity contribution in [1.82, 2.24) is 24.9 Å². The van der Waals surface area contributed by atoms with Gasteiger partial charge >= 0.3 is 5.97 Å². The number of aromatic nitrogens is 4. The number of nitrogen functional groups attached to an aromatic ring is 1. The molecule has 156 valence electrons. The summed E-state index contributed by atoms with van der Waals surface area (Å²) in [5, 5.41) is 8.79. The molecule has 0 bridgehead atoms. The minimum absolute atomic E-state index is 0.138. The second kappa shape index (κ2) is 7.55. The quantitative estimate of drug-likeness (QED) is 0.498. The third-order valence-corrected chi connectivity index (χ3v) is 6.10. The number of benzene rings is 1. The van der Waals surface area contributed by atoms with Gasteiger partial charge in [0, 0.05) is 40.7 Å². The van der Waals surface area contributed by atoms with Crippen molar-refractivity contribution in [1.29, 1.82) is 0 Å². The molecule has 8 heteroatoms. The van der Waals surface area contributed by atoms with Crippen LogP contribution in [0.15, 0.2) is 42.7 Å². The zero-order valence-corrected chi connectivity index (χ0v) is 17.2. The third-order valence-electron chi connectivity index (χ3n) is 6.10. The van der Waals surface area contributed by atoms with Crippen molar-refractivity contribution in [3.05, 3.63) is 54.0 Å². The Hall–Kier alpha value is -3.65. The normalized spacial score (nSPS) is 19.0. The Morgan fingerprint density at radius 3 is 2.90 bits per heavy atom. The summed E-state index contributed by atoms with van der Waals surface area (Å²) in [6.45, 7) is 5.80. The number of nitrogens with zero attached hydrogens (tertiary/aromatic N) is 4. The molecule has 1 aromatic carbocycles. The fraction of sp³-hybridized carbons (Fsp3) is 0.261. The number of nitrogens with one attached hydrogen (secondary N) is 1. The maximum Gasteiger partial charge on any atom is 0.596 e.